The molecule has 0 aliphatic carbocycles. The van der Waals surface area contributed by atoms with Gasteiger partial charge in [0.05, 0.1) is 6.04 Å². The molecule has 4 fully saturated rings. The summed E-state index contributed by atoms with van der Waals surface area (Å²) in [6.45, 7) is 2.93. The number of carbonyl (C=O) groups excluding carboxylic acids is 4. The van der Waals surface area contributed by atoms with E-state index in [2.05, 4.69) is 29.2 Å². The van der Waals surface area contributed by atoms with Crippen LogP contribution in [0.2, 0.25) is 5.02 Å². The van der Waals surface area contributed by atoms with E-state index in [0.717, 1.165) is 33.3 Å². The molecule has 0 saturated carbocycles. The molecule has 1 aromatic rings. The fraction of sp³-hybridized carbons (Fsp3) is 0.559. The van der Waals surface area contributed by atoms with Crippen LogP contribution in [-0.2, 0) is 25.6 Å². The summed E-state index contributed by atoms with van der Waals surface area (Å²) in [4.78, 5) is 64.4. The van der Waals surface area contributed by atoms with Crippen molar-refractivity contribution in [1.29, 1.82) is 1.34 Å². The number of hydrogen-bond donors (Lipinski definition) is 0. The van der Waals surface area contributed by atoms with Crippen LogP contribution in [0.3, 0.4) is 0 Å². The molecule has 0 aromatic heterocycles. The molecule has 4 amide bonds. The molecule has 0 bridgehead atoms. The van der Waals surface area contributed by atoms with Gasteiger partial charge in [0.15, 0.2) is 0 Å². The molecule has 240 valence electrons. The first-order chi connectivity index (χ1) is 22.8. The van der Waals surface area contributed by atoms with Gasteiger partial charge < -0.3 is 4.90 Å². The molecule has 6 aliphatic rings. The van der Waals surface area contributed by atoms with E-state index in [0.29, 0.717) is 49.4 Å². The summed E-state index contributed by atoms with van der Waals surface area (Å²) < 4.78 is 7.35. The number of rotatable bonds is 6. The Bertz CT molecular complexity index is 1600. The molecule has 1 aromatic carbocycles. The summed E-state index contributed by atoms with van der Waals surface area (Å²) in [6.07, 6.45) is 13.9. The zero-order valence-electron chi connectivity index (χ0n) is 27.1. The topological polar surface area (TPSA) is 106 Å². The van der Waals surface area contributed by atoms with Crippen LogP contribution < -0.4 is 0 Å². The van der Waals surface area contributed by atoms with Gasteiger partial charge in [-0.25, -0.2) is 0 Å². The zero-order chi connectivity index (χ0) is 32.9. The van der Waals surface area contributed by atoms with Gasteiger partial charge in [-0.15, -0.1) is 0 Å². The van der Waals surface area contributed by atoms with Crippen LogP contribution in [-0.4, -0.2) is 107 Å². The number of nitrogens with zero attached hydrogens (tertiary/aromatic N) is 6. The molecule has 0 unspecified atom stereocenters. The Morgan fingerprint density at radius 2 is 1.85 bits per heavy atom. The number of hydrogen-bond acceptors (Lipinski definition) is 6. The first-order valence-corrected chi connectivity index (χ1v) is 17.0. The van der Waals surface area contributed by atoms with Crippen molar-refractivity contribution in [3.8, 4) is 0 Å². The van der Waals surface area contributed by atoms with E-state index >= 15 is 0 Å². The van der Waals surface area contributed by atoms with Crippen molar-refractivity contribution in [2.24, 2.45) is 16.0 Å². The van der Waals surface area contributed by atoms with E-state index < -0.39 is 23.5 Å². The van der Waals surface area contributed by atoms with Gasteiger partial charge in [-0.3, -0.25) is 4.79 Å². The number of likely N-dealkylation sites (tertiary alicyclic amines) is 2. The van der Waals surface area contributed by atoms with Crippen molar-refractivity contribution >= 4 is 48.5 Å². The normalized spacial score (nSPS) is 33.9. The summed E-state index contributed by atoms with van der Waals surface area (Å²) in [6, 6.07) is 5.92. The Balaban J connectivity index is 1.15. The van der Waals surface area contributed by atoms with Crippen LogP contribution in [0.1, 0.15) is 63.9 Å². The fourth-order valence-electron chi connectivity index (χ4n) is 8.89. The number of amides is 4. The third kappa shape index (κ3) is 4.88. The van der Waals surface area contributed by atoms with Gasteiger partial charge in [-0.2, -0.15) is 0 Å². The van der Waals surface area contributed by atoms with E-state index in [-0.39, 0.29) is 53.9 Å². The third-order valence-electron chi connectivity index (χ3n) is 11.2. The van der Waals surface area contributed by atoms with Crippen LogP contribution >= 0.6 is 11.6 Å². The second kappa shape index (κ2) is 12.2. The van der Waals surface area contributed by atoms with Crippen molar-refractivity contribution in [3.63, 3.8) is 0 Å². The zero-order valence-corrected chi connectivity index (χ0v) is 26.9. The van der Waals surface area contributed by atoms with Crippen molar-refractivity contribution in [2.75, 3.05) is 13.1 Å². The minimum atomic E-state index is -1.26. The number of benzene rings is 1. The summed E-state index contributed by atoms with van der Waals surface area (Å²) >= 11 is 6.40. The maximum atomic E-state index is 14.7. The second-order valence-corrected chi connectivity index (χ2v) is 13.8. The van der Waals surface area contributed by atoms with E-state index in [1.807, 2.05) is 23.1 Å². The average Bonchev–Trinajstić information content (AvgIpc) is 3.87. The van der Waals surface area contributed by atoms with Crippen LogP contribution in [0, 0.1) is 5.92 Å². The summed E-state index contributed by atoms with van der Waals surface area (Å²) in [5.41, 5.74) is -0.495. The number of carbonyl (C=O) groups is 4. The molecular formula is C34H40BClN6O4. The van der Waals surface area contributed by atoms with Gasteiger partial charge in [0.25, 0.3) is 0 Å². The number of halogens is 1. The van der Waals surface area contributed by atoms with Gasteiger partial charge in [-0.05, 0) is 25.7 Å². The Morgan fingerprint density at radius 1 is 1.04 bits per heavy atom. The van der Waals surface area contributed by atoms with Crippen LogP contribution in [0.4, 0.5) is 0 Å². The van der Waals surface area contributed by atoms with Crippen LogP contribution in [0.25, 0.3) is 0 Å². The maximum absolute atomic E-state index is 14.7. The standard InChI is InChI=1S/C34H40BClN6O4/c1-2-23-10-11-24-9-8-21-15-19-39(29(21)32(45)41(23)24)31(44)28-13-12-25-14-17-34(33(46)42(25)28)16-5-18-40(34)30(43)27(37-38-35)20-22-6-3-4-7-26(22)36/h3-4,6-9,14,17,21,23-25,28-29,35H,2,5,10-13,15-16,18-20H2,1H3/b37-27-/t21-,23+,24-,25-,28-,29-,34+/m0/s1/i35D. The SMILES string of the molecule is [2H]B=N/N=C(/Cc1ccccc1Cl)C(=O)N1CCC[C@]12C=C[C@@H]1CC[C@@H](C(=O)N3CC[C@@H]4C=C[C@H]5CC[C@@H](CC)N5C(=O)[C@H]43)N1C2=O. The van der Waals surface area contributed by atoms with E-state index in [1.54, 1.807) is 32.9 Å². The first kappa shape index (κ1) is 29.8. The van der Waals surface area contributed by atoms with Crippen molar-refractivity contribution in [3.05, 3.63) is 59.2 Å². The Morgan fingerprint density at radius 3 is 2.65 bits per heavy atom. The van der Waals surface area contributed by atoms with Gasteiger partial charge in [0.2, 0.25) is 5.91 Å². The van der Waals surface area contributed by atoms with Crippen LogP contribution in [0.15, 0.2) is 58.7 Å². The van der Waals surface area contributed by atoms with E-state index in [4.69, 9.17) is 12.9 Å². The molecule has 1 spiro atoms. The quantitative estimate of drug-likeness (QED) is 0.206. The molecular weight excluding hydrogens is 603 g/mol. The molecule has 4 saturated heterocycles. The molecule has 6 heterocycles. The Labute approximate surface area is 276 Å². The average molecular weight is 644 g/mol. The summed E-state index contributed by atoms with van der Waals surface area (Å²) in [7, 11) is 0.764. The minimum absolute atomic E-state index is 0.0276. The number of fused-ring (bicyclic) bond motifs is 3. The molecule has 0 radical (unpaired) electrons. The summed E-state index contributed by atoms with van der Waals surface area (Å²) in [5.74, 6) is -0.880. The van der Waals surface area contributed by atoms with Crippen molar-refractivity contribution in [1.82, 2.24) is 19.6 Å². The monoisotopic (exact) mass is 643 g/mol. The predicted molar refractivity (Wildman–Crippen MR) is 175 cm³/mol. The molecule has 6 aliphatic heterocycles. The van der Waals surface area contributed by atoms with Crippen molar-refractivity contribution < 1.29 is 19.2 Å². The molecule has 10 nitrogen and oxygen atoms in total. The second-order valence-electron chi connectivity index (χ2n) is 13.4. The predicted octanol–water partition coefficient (Wildman–Crippen LogP) is 3.17. The van der Waals surface area contributed by atoms with Gasteiger partial charge in [0.1, 0.15) is 0 Å². The third-order valence-corrected chi connectivity index (χ3v) is 11.5. The fourth-order valence-corrected chi connectivity index (χ4v) is 9.09. The molecule has 46 heavy (non-hydrogen) atoms. The van der Waals surface area contributed by atoms with E-state index in [1.165, 1.54) is 0 Å². The van der Waals surface area contributed by atoms with Gasteiger partial charge >= 0.3 is 199 Å². The van der Waals surface area contributed by atoms with Crippen molar-refractivity contribution in [2.45, 2.75) is 100 Å². The Hall–Kier alpha value is -3.60. The van der Waals surface area contributed by atoms with E-state index in [9.17, 15) is 19.2 Å². The molecule has 0 N–H and O–H groups in total. The van der Waals surface area contributed by atoms with Gasteiger partial charge in [-0.1, -0.05) is 19.1 Å². The first-order valence-electron chi connectivity index (χ1n) is 17.2. The Kier molecular flexibility index (Phi) is 7.91. The summed E-state index contributed by atoms with van der Waals surface area (Å²) in [5, 5.41) is 8.24. The molecule has 7 rings (SSSR count). The van der Waals surface area contributed by atoms with Crippen LogP contribution in [0.5, 0.6) is 0 Å². The molecule has 12 heteroatoms. The molecule has 7 atom stereocenters. The van der Waals surface area contributed by atoms with Gasteiger partial charge in [0, 0.05) is 12.0 Å².